The Morgan fingerprint density at radius 2 is 1.82 bits per heavy atom. The van der Waals surface area contributed by atoms with Crippen LogP contribution in [0.1, 0.15) is 0 Å². The molecule has 3 radical (unpaired) electrons. The molecule has 0 saturated heterocycles. The Hall–Kier alpha value is -0.365. The van der Waals surface area contributed by atoms with Gasteiger partial charge in [-0.2, -0.15) is 0 Å². The summed E-state index contributed by atoms with van der Waals surface area (Å²) in [5.41, 5.74) is 0. The normalized spacial score (nSPS) is 15.8. The van der Waals surface area contributed by atoms with E-state index in [1.165, 1.54) is 0 Å². The monoisotopic (exact) mass is 167 g/mol. The van der Waals surface area contributed by atoms with E-state index < -0.39 is 7.37 Å². The summed E-state index contributed by atoms with van der Waals surface area (Å²) in [6.45, 7) is 0. The predicted octanol–water partition coefficient (Wildman–Crippen LogP) is 0.270. The van der Waals surface area contributed by atoms with E-state index in [9.17, 15) is 4.89 Å². The molecule has 1 aromatic rings. The van der Waals surface area contributed by atoms with Gasteiger partial charge in [-0.05, 0) is 12.7 Å². The lowest BCUT2D eigenvalue weighted by Crippen LogP contribution is -2.12. The predicted molar refractivity (Wildman–Crippen MR) is 48.1 cm³/mol. The molecule has 0 heterocycles. The highest BCUT2D eigenvalue weighted by Gasteiger charge is 2.17. The van der Waals surface area contributed by atoms with Gasteiger partial charge in [0.2, 0.25) is 0 Å². The zero-order valence-corrected chi connectivity index (χ0v) is 6.91. The molecule has 57 valence electrons. The van der Waals surface area contributed by atoms with Gasteiger partial charge in [-0.15, -0.1) is 0 Å². The van der Waals surface area contributed by atoms with E-state index in [0.29, 0.717) is 5.30 Å². The van der Waals surface area contributed by atoms with E-state index in [0.717, 1.165) is 0 Å². The fraction of sp³-hybridized carbons (Fsp3) is 0.143. The maximum absolute atomic E-state index is 9.43. The van der Waals surface area contributed by atoms with Gasteiger partial charge in [-0.25, -0.2) is 0 Å². The molecular formula is C7H9BO2P. The molecule has 1 unspecified atom stereocenters. The summed E-state index contributed by atoms with van der Waals surface area (Å²) in [5.74, 6) is 0. The maximum Gasteiger partial charge on any atom is 0.149 e. The minimum Gasteiger partial charge on any atom is -0.390 e. The molecule has 0 amide bonds. The minimum atomic E-state index is -2.72. The average molecular weight is 167 g/mol. The van der Waals surface area contributed by atoms with Gasteiger partial charge in [0.25, 0.3) is 0 Å². The first-order valence-electron chi connectivity index (χ1n) is 3.22. The summed E-state index contributed by atoms with van der Waals surface area (Å²) in [7, 11) is 2.73. The zero-order chi connectivity index (χ0) is 8.32. The SMILES string of the molecule is [B][P](O)(CO)c1ccccc1. The van der Waals surface area contributed by atoms with Gasteiger partial charge in [0.05, 0.1) is 6.35 Å². The molecule has 2 N–H and O–H groups in total. The van der Waals surface area contributed by atoms with Crippen molar-refractivity contribution in [3.63, 3.8) is 0 Å². The van der Waals surface area contributed by atoms with Crippen LogP contribution in [0, 0.1) is 0 Å². The third-order valence-corrected chi connectivity index (χ3v) is 3.04. The van der Waals surface area contributed by atoms with Crippen molar-refractivity contribution in [2.24, 2.45) is 0 Å². The molecule has 0 saturated carbocycles. The molecule has 1 atom stereocenters. The Morgan fingerprint density at radius 1 is 1.27 bits per heavy atom. The van der Waals surface area contributed by atoms with Crippen molar-refractivity contribution in [1.82, 2.24) is 0 Å². The Morgan fingerprint density at radius 3 is 2.27 bits per heavy atom. The Labute approximate surface area is 67.7 Å². The lowest BCUT2D eigenvalue weighted by molar-refractivity contribution is 0.357. The second-order valence-electron chi connectivity index (χ2n) is 2.30. The van der Waals surface area contributed by atoms with Crippen molar-refractivity contribution in [3.8, 4) is 0 Å². The third-order valence-electron chi connectivity index (χ3n) is 1.42. The first-order chi connectivity index (χ1) is 5.17. The summed E-state index contributed by atoms with van der Waals surface area (Å²) >= 11 is 0. The second kappa shape index (κ2) is 3.35. The summed E-state index contributed by atoms with van der Waals surface area (Å²) in [5, 5.41) is 9.35. The van der Waals surface area contributed by atoms with Crippen LogP contribution in [0.3, 0.4) is 0 Å². The molecule has 4 heteroatoms. The van der Waals surface area contributed by atoms with Crippen LogP contribution < -0.4 is 5.30 Å². The summed E-state index contributed by atoms with van der Waals surface area (Å²) in [6, 6.07) is 8.82. The molecule has 0 aliphatic rings. The van der Waals surface area contributed by atoms with E-state index in [1.807, 2.05) is 6.07 Å². The average Bonchev–Trinajstić information content (AvgIpc) is 2.06. The lowest BCUT2D eigenvalue weighted by atomic mass is 10.4. The van der Waals surface area contributed by atoms with Crippen LogP contribution in [0.15, 0.2) is 30.3 Å². The van der Waals surface area contributed by atoms with E-state index in [2.05, 4.69) is 0 Å². The van der Waals surface area contributed by atoms with Crippen molar-refractivity contribution < 1.29 is 10.00 Å². The maximum atomic E-state index is 9.43. The highest BCUT2D eigenvalue weighted by molar-refractivity contribution is 7.98. The Balaban J connectivity index is 2.93. The molecule has 1 rings (SSSR count). The van der Waals surface area contributed by atoms with Gasteiger partial charge in [0.1, 0.15) is 7.57 Å². The fourth-order valence-electron chi connectivity index (χ4n) is 0.768. The number of rotatable bonds is 2. The number of benzene rings is 1. The van der Waals surface area contributed by atoms with Gasteiger partial charge in [-0.3, -0.25) is 0 Å². The third kappa shape index (κ3) is 2.03. The number of hydrogen-bond acceptors (Lipinski definition) is 2. The van der Waals surface area contributed by atoms with Gasteiger partial charge >= 0.3 is 0 Å². The molecule has 11 heavy (non-hydrogen) atoms. The van der Waals surface area contributed by atoms with Gasteiger partial charge in [-0.1, -0.05) is 30.3 Å². The largest absolute Gasteiger partial charge is 0.390 e. The molecule has 0 spiro atoms. The standard InChI is InChI=1S/C7H9BO2P/c8-11(10,6-9)7-4-2-1-3-5-7/h1-5,9-10H,6H2. The first kappa shape index (κ1) is 8.73. The van der Waals surface area contributed by atoms with Crippen molar-refractivity contribution in [1.29, 1.82) is 0 Å². The van der Waals surface area contributed by atoms with E-state index in [4.69, 9.17) is 12.7 Å². The van der Waals surface area contributed by atoms with Crippen molar-refractivity contribution in [3.05, 3.63) is 30.3 Å². The van der Waals surface area contributed by atoms with Gasteiger partial charge in [0, 0.05) is 0 Å². The molecule has 0 bridgehead atoms. The Bertz CT molecular complexity index is 225. The van der Waals surface area contributed by atoms with Crippen LogP contribution in [-0.4, -0.2) is 23.9 Å². The van der Waals surface area contributed by atoms with Crippen molar-refractivity contribution in [2.75, 3.05) is 6.35 Å². The van der Waals surface area contributed by atoms with Crippen molar-refractivity contribution >= 4 is 20.2 Å². The zero-order valence-electron chi connectivity index (χ0n) is 6.01. The highest BCUT2D eigenvalue weighted by atomic mass is 31.2. The van der Waals surface area contributed by atoms with Crippen LogP contribution in [0.5, 0.6) is 0 Å². The lowest BCUT2D eigenvalue weighted by Gasteiger charge is -2.23. The van der Waals surface area contributed by atoms with Crippen LogP contribution in [-0.2, 0) is 0 Å². The van der Waals surface area contributed by atoms with E-state index in [-0.39, 0.29) is 6.35 Å². The summed E-state index contributed by atoms with van der Waals surface area (Å²) < 4.78 is 0. The molecule has 2 nitrogen and oxygen atoms in total. The second-order valence-corrected chi connectivity index (χ2v) is 4.76. The van der Waals surface area contributed by atoms with Crippen LogP contribution in [0.25, 0.3) is 0 Å². The van der Waals surface area contributed by atoms with E-state index in [1.54, 1.807) is 24.3 Å². The van der Waals surface area contributed by atoms with Gasteiger partial charge in [0.15, 0.2) is 0 Å². The summed E-state index contributed by atoms with van der Waals surface area (Å²) in [4.78, 5) is 9.43. The minimum absolute atomic E-state index is 0.364. The quantitative estimate of drug-likeness (QED) is 0.490. The smallest absolute Gasteiger partial charge is 0.149 e. The molecule has 0 aliphatic carbocycles. The molecule has 0 aliphatic heterocycles. The summed E-state index contributed by atoms with van der Waals surface area (Å²) in [6.07, 6.45) is -0.364. The topological polar surface area (TPSA) is 40.5 Å². The molecule has 0 fully saturated rings. The van der Waals surface area contributed by atoms with Gasteiger partial charge < -0.3 is 10.00 Å². The Kier molecular flexibility index (Phi) is 2.66. The van der Waals surface area contributed by atoms with Crippen LogP contribution >= 0.6 is 7.37 Å². The van der Waals surface area contributed by atoms with Crippen LogP contribution in [0.2, 0.25) is 0 Å². The molecular weight excluding hydrogens is 158 g/mol. The highest BCUT2D eigenvalue weighted by Crippen LogP contribution is 2.45. The fourth-order valence-corrected chi connectivity index (χ4v) is 1.62. The number of aliphatic hydroxyl groups excluding tert-OH is 1. The number of hydrogen-bond donors (Lipinski definition) is 2. The first-order valence-corrected chi connectivity index (χ1v) is 5.22. The van der Waals surface area contributed by atoms with Crippen molar-refractivity contribution in [2.45, 2.75) is 0 Å². The van der Waals surface area contributed by atoms with Crippen LogP contribution in [0.4, 0.5) is 0 Å². The molecule has 1 aromatic carbocycles. The molecule has 0 aromatic heterocycles. The van der Waals surface area contributed by atoms with E-state index >= 15 is 0 Å². The number of aliphatic hydroxyl groups is 1.